The predicted molar refractivity (Wildman–Crippen MR) is 92.5 cm³/mol. The van der Waals surface area contributed by atoms with Crippen LogP contribution in [0, 0.1) is 0 Å². The first-order chi connectivity index (χ1) is 11.3. The Morgan fingerprint density at radius 2 is 2.00 bits per heavy atom. The Bertz CT molecular complexity index is 675. The first-order valence-corrected chi connectivity index (χ1v) is 7.93. The zero-order chi connectivity index (χ0) is 17.7. The molecule has 0 aliphatic rings. The molecule has 0 saturated carbocycles. The number of benzene rings is 1. The fourth-order valence-electron chi connectivity index (χ4n) is 2.36. The van der Waals surface area contributed by atoms with Crippen molar-refractivity contribution in [2.24, 2.45) is 0 Å². The third-order valence-electron chi connectivity index (χ3n) is 3.55. The highest BCUT2D eigenvalue weighted by molar-refractivity contribution is 5.95. The summed E-state index contributed by atoms with van der Waals surface area (Å²) in [5.41, 5.74) is 1.83. The van der Waals surface area contributed by atoms with Gasteiger partial charge in [0.05, 0.1) is 29.7 Å². The van der Waals surface area contributed by atoms with Gasteiger partial charge in [-0.1, -0.05) is 39.0 Å². The first kappa shape index (κ1) is 18.2. The third kappa shape index (κ3) is 4.43. The summed E-state index contributed by atoms with van der Waals surface area (Å²) in [6.45, 7) is 6.35. The van der Waals surface area contributed by atoms with Crippen molar-refractivity contribution < 1.29 is 14.6 Å². The number of hydrogen-bond donors (Lipinski definition) is 2. The summed E-state index contributed by atoms with van der Waals surface area (Å²) in [6.07, 6.45) is 0.995. The van der Waals surface area contributed by atoms with Gasteiger partial charge < -0.3 is 15.2 Å². The van der Waals surface area contributed by atoms with Crippen molar-refractivity contribution in [2.45, 2.75) is 32.3 Å². The standard InChI is InChI=1S/C18H25N3O3/c1-18(2,3)16-15(17(23)19-10-14(22)12-24-4)11-21(20-16)13-8-6-5-7-9-13/h5-9,11,14,22H,10,12H2,1-4H3,(H,19,23). The number of carbonyl (C=O) groups is 1. The van der Waals surface area contributed by atoms with Crippen molar-refractivity contribution in [3.63, 3.8) is 0 Å². The van der Waals surface area contributed by atoms with Crippen LogP contribution in [0.25, 0.3) is 5.69 Å². The lowest BCUT2D eigenvalue weighted by atomic mass is 9.89. The van der Waals surface area contributed by atoms with Gasteiger partial charge in [0.1, 0.15) is 0 Å². The summed E-state index contributed by atoms with van der Waals surface area (Å²) >= 11 is 0. The summed E-state index contributed by atoms with van der Waals surface area (Å²) in [4.78, 5) is 12.5. The van der Waals surface area contributed by atoms with Gasteiger partial charge in [-0.15, -0.1) is 0 Å². The molecule has 1 aromatic carbocycles. The van der Waals surface area contributed by atoms with E-state index in [1.54, 1.807) is 10.9 Å². The smallest absolute Gasteiger partial charge is 0.254 e. The lowest BCUT2D eigenvalue weighted by Crippen LogP contribution is -2.35. The van der Waals surface area contributed by atoms with E-state index >= 15 is 0 Å². The molecular formula is C18H25N3O3. The predicted octanol–water partition coefficient (Wildman–Crippen LogP) is 1.91. The fourth-order valence-corrected chi connectivity index (χ4v) is 2.36. The second-order valence-corrected chi connectivity index (χ2v) is 6.74. The molecular weight excluding hydrogens is 306 g/mol. The number of amides is 1. The highest BCUT2D eigenvalue weighted by atomic mass is 16.5. The van der Waals surface area contributed by atoms with Gasteiger partial charge in [0, 0.05) is 25.3 Å². The average molecular weight is 331 g/mol. The molecule has 1 amide bonds. The zero-order valence-electron chi connectivity index (χ0n) is 14.6. The molecule has 2 rings (SSSR count). The molecule has 0 radical (unpaired) electrons. The number of nitrogens with zero attached hydrogens (tertiary/aromatic N) is 2. The minimum Gasteiger partial charge on any atom is -0.389 e. The summed E-state index contributed by atoms with van der Waals surface area (Å²) in [7, 11) is 1.51. The molecule has 0 aliphatic heterocycles. The van der Waals surface area contributed by atoms with E-state index in [1.165, 1.54) is 7.11 Å². The van der Waals surface area contributed by atoms with Gasteiger partial charge in [-0.3, -0.25) is 4.79 Å². The molecule has 6 heteroatoms. The van der Waals surface area contributed by atoms with E-state index in [4.69, 9.17) is 4.74 Å². The molecule has 6 nitrogen and oxygen atoms in total. The van der Waals surface area contributed by atoms with Gasteiger partial charge in [0.25, 0.3) is 5.91 Å². The number of nitrogens with one attached hydrogen (secondary N) is 1. The zero-order valence-corrected chi connectivity index (χ0v) is 14.6. The Kier molecular flexibility index (Phi) is 5.75. The number of rotatable bonds is 6. The summed E-state index contributed by atoms with van der Waals surface area (Å²) in [6, 6.07) is 9.65. The summed E-state index contributed by atoms with van der Waals surface area (Å²) in [5.74, 6) is -0.253. The number of hydrogen-bond acceptors (Lipinski definition) is 4. The minimum atomic E-state index is -0.735. The van der Waals surface area contributed by atoms with Crippen molar-refractivity contribution in [3.05, 3.63) is 47.8 Å². The molecule has 1 atom stereocenters. The van der Waals surface area contributed by atoms with Crippen molar-refractivity contribution in [2.75, 3.05) is 20.3 Å². The highest BCUT2D eigenvalue weighted by Crippen LogP contribution is 2.25. The maximum Gasteiger partial charge on any atom is 0.254 e. The van der Waals surface area contributed by atoms with Gasteiger partial charge in [-0.25, -0.2) is 4.68 Å². The van der Waals surface area contributed by atoms with Crippen molar-refractivity contribution in [1.29, 1.82) is 0 Å². The Hall–Kier alpha value is -2.18. The number of methoxy groups -OCH3 is 1. The Morgan fingerprint density at radius 1 is 1.33 bits per heavy atom. The Morgan fingerprint density at radius 3 is 2.58 bits per heavy atom. The molecule has 1 unspecified atom stereocenters. The van der Waals surface area contributed by atoms with Gasteiger partial charge in [0.2, 0.25) is 0 Å². The fraction of sp³-hybridized carbons (Fsp3) is 0.444. The number of aliphatic hydroxyl groups excluding tert-OH is 1. The summed E-state index contributed by atoms with van der Waals surface area (Å²) < 4.78 is 6.57. The van der Waals surface area contributed by atoms with E-state index in [1.807, 2.05) is 51.1 Å². The SMILES string of the molecule is COCC(O)CNC(=O)c1cn(-c2ccccc2)nc1C(C)(C)C. The lowest BCUT2D eigenvalue weighted by molar-refractivity contribution is 0.0609. The van der Waals surface area contributed by atoms with Crippen LogP contribution in [0.2, 0.25) is 0 Å². The second kappa shape index (κ2) is 7.59. The molecule has 2 aromatic rings. The molecule has 130 valence electrons. The van der Waals surface area contributed by atoms with Crippen molar-refractivity contribution in [1.82, 2.24) is 15.1 Å². The number of aliphatic hydroxyl groups is 1. The Balaban J connectivity index is 2.27. The Labute approximate surface area is 142 Å². The van der Waals surface area contributed by atoms with Crippen LogP contribution in [0.5, 0.6) is 0 Å². The quantitative estimate of drug-likeness (QED) is 0.848. The molecule has 0 saturated heterocycles. The third-order valence-corrected chi connectivity index (χ3v) is 3.55. The number of aromatic nitrogens is 2. The monoisotopic (exact) mass is 331 g/mol. The van der Waals surface area contributed by atoms with Crippen LogP contribution in [-0.4, -0.2) is 47.2 Å². The molecule has 24 heavy (non-hydrogen) atoms. The van der Waals surface area contributed by atoms with Crippen LogP contribution in [0.4, 0.5) is 0 Å². The van der Waals surface area contributed by atoms with E-state index in [2.05, 4.69) is 10.4 Å². The molecule has 1 aromatic heterocycles. The molecule has 0 aliphatic carbocycles. The van der Waals surface area contributed by atoms with E-state index in [9.17, 15) is 9.90 Å². The molecule has 2 N–H and O–H groups in total. The van der Waals surface area contributed by atoms with Crippen LogP contribution in [0.15, 0.2) is 36.5 Å². The number of ether oxygens (including phenoxy) is 1. The van der Waals surface area contributed by atoms with Gasteiger partial charge >= 0.3 is 0 Å². The van der Waals surface area contributed by atoms with Crippen molar-refractivity contribution >= 4 is 5.91 Å². The maximum atomic E-state index is 12.5. The van der Waals surface area contributed by atoms with Gasteiger partial charge in [-0.2, -0.15) is 5.10 Å². The first-order valence-electron chi connectivity index (χ1n) is 7.93. The molecule has 0 spiro atoms. The topological polar surface area (TPSA) is 76.4 Å². The van der Waals surface area contributed by atoms with E-state index in [0.29, 0.717) is 11.3 Å². The number of carbonyl (C=O) groups excluding carboxylic acids is 1. The average Bonchev–Trinajstić information content (AvgIpc) is 2.99. The summed E-state index contributed by atoms with van der Waals surface area (Å²) in [5, 5.41) is 17.0. The van der Waals surface area contributed by atoms with Gasteiger partial charge in [0.15, 0.2) is 0 Å². The normalized spacial score (nSPS) is 12.9. The largest absolute Gasteiger partial charge is 0.389 e. The second-order valence-electron chi connectivity index (χ2n) is 6.74. The minimum absolute atomic E-state index is 0.132. The van der Waals surface area contributed by atoms with Crippen LogP contribution in [0.3, 0.4) is 0 Å². The molecule has 1 heterocycles. The van der Waals surface area contributed by atoms with Crippen LogP contribution < -0.4 is 5.32 Å². The maximum absolute atomic E-state index is 12.5. The van der Waals surface area contributed by atoms with Crippen molar-refractivity contribution in [3.8, 4) is 5.69 Å². The van der Waals surface area contributed by atoms with E-state index in [-0.39, 0.29) is 24.5 Å². The molecule has 0 fully saturated rings. The van der Waals surface area contributed by atoms with Crippen LogP contribution >= 0.6 is 0 Å². The number of para-hydroxylation sites is 1. The highest BCUT2D eigenvalue weighted by Gasteiger charge is 2.26. The van der Waals surface area contributed by atoms with E-state index in [0.717, 1.165) is 5.69 Å². The lowest BCUT2D eigenvalue weighted by Gasteiger charge is -2.17. The van der Waals surface area contributed by atoms with Crippen LogP contribution in [0.1, 0.15) is 36.8 Å². The van der Waals surface area contributed by atoms with E-state index < -0.39 is 6.10 Å². The van der Waals surface area contributed by atoms with Crippen LogP contribution in [-0.2, 0) is 10.2 Å². The molecule has 0 bridgehead atoms. The van der Waals surface area contributed by atoms with Gasteiger partial charge in [-0.05, 0) is 12.1 Å².